The Bertz CT molecular complexity index is 834. The first-order chi connectivity index (χ1) is 13.1. The van der Waals surface area contributed by atoms with Gasteiger partial charge in [0.05, 0.1) is 30.2 Å². The number of amides is 2. The third-order valence-corrected chi connectivity index (χ3v) is 5.16. The van der Waals surface area contributed by atoms with Gasteiger partial charge in [0.25, 0.3) is 0 Å². The molecule has 2 amide bonds. The van der Waals surface area contributed by atoms with Gasteiger partial charge in [-0.3, -0.25) is 0 Å². The van der Waals surface area contributed by atoms with Crippen LogP contribution in [0.5, 0.6) is 0 Å². The van der Waals surface area contributed by atoms with E-state index in [-0.39, 0.29) is 12.6 Å². The normalized spacial score (nSPS) is 16.7. The number of nitrogens with one attached hydrogen (secondary N) is 2. The maximum absolute atomic E-state index is 12.6. The molecule has 0 bridgehead atoms. The Kier molecular flexibility index (Phi) is 6.47. The molecule has 1 aliphatic rings. The van der Waals surface area contributed by atoms with E-state index in [1.54, 1.807) is 37.5 Å². The van der Waals surface area contributed by atoms with E-state index in [1.165, 1.54) is 11.8 Å². The number of hydrogen-bond acceptors (Lipinski definition) is 5. The van der Waals surface area contributed by atoms with Crippen LogP contribution in [-0.4, -0.2) is 24.4 Å². The molecule has 2 aromatic rings. The van der Waals surface area contributed by atoms with E-state index in [0.717, 1.165) is 11.3 Å². The molecule has 1 atom stereocenters. The van der Waals surface area contributed by atoms with Gasteiger partial charge in [-0.2, -0.15) is 0 Å². The fourth-order valence-corrected chi connectivity index (χ4v) is 3.76. The summed E-state index contributed by atoms with van der Waals surface area (Å²) in [5, 5.41) is 6.12. The zero-order valence-corrected chi connectivity index (χ0v) is 16.2. The standard InChI is InChI=1S/C19H19ClN2O4S/c1-2-25-18(23)16-15(11-27-10-14-4-3-9-26-14)21-19(24)22-17(16)12-5-7-13(20)8-6-12/h3-9,17H,2,10-11H2,1H3,(H2,21,22,24). The van der Waals surface area contributed by atoms with Crippen molar-refractivity contribution in [1.29, 1.82) is 0 Å². The molecular formula is C19H19ClN2O4S. The zero-order valence-electron chi connectivity index (χ0n) is 14.7. The van der Waals surface area contributed by atoms with Crippen molar-refractivity contribution in [3.05, 3.63) is 70.3 Å². The van der Waals surface area contributed by atoms with Crippen molar-refractivity contribution in [2.75, 3.05) is 12.4 Å². The molecule has 3 rings (SSSR count). The second kappa shape index (κ2) is 9.01. The molecule has 0 fully saturated rings. The molecule has 27 heavy (non-hydrogen) atoms. The first-order valence-corrected chi connectivity index (χ1v) is 9.95. The third-order valence-electron chi connectivity index (χ3n) is 3.92. The Morgan fingerprint density at radius 3 is 2.70 bits per heavy atom. The maximum Gasteiger partial charge on any atom is 0.338 e. The highest BCUT2D eigenvalue weighted by atomic mass is 35.5. The molecule has 0 spiro atoms. The molecule has 2 heterocycles. The van der Waals surface area contributed by atoms with E-state index in [0.29, 0.717) is 27.8 Å². The van der Waals surface area contributed by atoms with E-state index >= 15 is 0 Å². The number of halogens is 1. The van der Waals surface area contributed by atoms with E-state index in [2.05, 4.69) is 10.6 Å². The number of furan rings is 1. The van der Waals surface area contributed by atoms with Crippen molar-refractivity contribution in [3.63, 3.8) is 0 Å². The number of ether oxygens (including phenoxy) is 1. The average molecular weight is 407 g/mol. The van der Waals surface area contributed by atoms with Crippen LogP contribution in [0.2, 0.25) is 5.02 Å². The molecule has 1 aromatic carbocycles. The third kappa shape index (κ3) is 4.87. The van der Waals surface area contributed by atoms with E-state index in [9.17, 15) is 9.59 Å². The monoisotopic (exact) mass is 406 g/mol. The molecule has 142 valence electrons. The molecule has 0 aliphatic carbocycles. The number of carbonyl (C=O) groups is 2. The molecule has 0 saturated carbocycles. The molecule has 1 unspecified atom stereocenters. The van der Waals surface area contributed by atoms with Gasteiger partial charge in [-0.15, -0.1) is 11.8 Å². The number of carbonyl (C=O) groups excluding carboxylic acids is 2. The van der Waals surface area contributed by atoms with E-state index < -0.39 is 12.0 Å². The van der Waals surface area contributed by atoms with Crippen LogP contribution in [0.15, 0.2) is 58.3 Å². The van der Waals surface area contributed by atoms with Crippen LogP contribution in [0, 0.1) is 0 Å². The summed E-state index contributed by atoms with van der Waals surface area (Å²) in [6, 6.07) is 9.74. The lowest BCUT2D eigenvalue weighted by Crippen LogP contribution is -2.46. The number of esters is 1. The van der Waals surface area contributed by atoms with E-state index in [1.807, 2.05) is 12.1 Å². The molecule has 6 nitrogen and oxygen atoms in total. The highest BCUT2D eigenvalue weighted by molar-refractivity contribution is 7.98. The van der Waals surface area contributed by atoms with Gasteiger partial charge >= 0.3 is 12.0 Å². The Hall–Kier alpha value is -2.38. The van der Waals surface area contributed by atoms with Gasteiger partial charge in [-0.25, -0.2) is 9.59 Å². The Labute approximate surface area is 166 Å². The van der Waals surface area contributed by atoms with Gasteiger partial charge in [0.1, 0.15) is 5.76 Å². The van der Waals surface area contributed by atoms with Gasteiger partial charge in [-0.1, -0.05) is 23.7 Å². The lowest BCUT2D eigenvalue weighted by Gasteiger charge is -2.29. The lowest BCUT2D eigenvalue weighted by molar-refractivity contribution is -0.139. The summed E-state index contributed by atoms with van der Waals surface area (Å²) in [7, 11) is 0. The summed E-state index contributed by atoms with van der Waals surface area (Å²) in [6.45, 7) is 1.99. The van der Waals surface area contributed by atoms with Crippen molar-refractivity contribution in [1.82, 2.24) is 10.6 Å². The van der Waals surface area contributed by atoms with Gasteiger partial charge in [0.2, 0.25) is 0 Å². The minimum atomic E-state index is -0.603. The molecule has 0 saturated heterocycles. The summed E-state index contributed by atoms with van der Waals surface area (Å²) in [6.07, 6.45) is 1.61. The van der Waals surface area contributed by atoms with Crippen LogP contribution in [0.25, 0.3) is 0 Å². The van der Waals surface area contributed by atoms with Crippen LogP contribution in [0.4, 0.5) is 4.79 Å². The molecule has 0 radical (unpaired) electrons. The molecule has 1 aliphatic heterocycles. The first kappa shape index (κ1) is 19.4. The smallest absolute Gasteiger partial charge is 0.338 e. The highest BCUT2D eigenvalue weighted by Gasteiger charge is 2.33. The number of benzene rings is 1. The summed E-state index contributed by atoms with van der Waals surface area (Å²) in [5.41, 5.74) is 1.69. The summed E-state index contributed by atoms with van der Waals surface area (Å²) >= 11 is 7.49. The Morgan fingerprint density at radius 1 is 1.26 bits per heavy atom. The average Bonchev–Trinajstić information content (AvgIpc) is 3.15. The lowest BCUT2D eigenvalue weighted by atomic mass is 9.95. The number of urea groups is 1. The van der Waals surface area contributed by atoms with Crippen LogP contribution in [-0.2, 0) is 15.3 Å². The second-order valence-electron chi connectivity index (χ2n) is 5.77. The first-order valence-electron chi connectivity index (χ1n) is 8.41. The quantitative estimate of drug-likeness (QED) is 0.678. The zero-order chi connectivity index (χ0) is 19.2. The SMILES string of the molecule is CCOC(=O)C1=C(CSCc2ccco2)NC(=O)NC1c1ccc(Cl)cc1. The van der Waals surface area contributed by atoms with Crippen LogP contribution >= 0.6 is 23.4 Å². The van der Waals surface area contributed by atoms with Crippen LogP contribution in [0.1, 0.15) is 24.3 Å². The highest BCUT2D eigenvalue weighted by Crippen LogP contribution is 2.30. The van der Waals surface area contributed by atoms with Crippen molar-refractivity contribution < 1.29 is 18.7 Å². The summed E-state index contributed by atoms with van der Waals surface area (Å²) in [4.78, 5) is 24.8. The van der Waals surface area contributed by atoms with Crippen LogP contribution in [0.3, 0.4) is 0 Å². The number of thioether (sulfide) groups is 1. The fourth-order valence-electron chi connectivity index (χ4n) is 2.74. The second-order valence-corrected chi connectivity index (χ2v) is 7.19. The molecular weight excluding hydrogens is 388 g/mol. The maximum atomic E-state index is 12.6. The van der Waals surface area contributed by atoms with Gasteiger partial charge < -0.3 is 19.8 Å². The van der Waals surface area contributed by atoms with Crippen molar-refractivity contribution in [2.45, 2.75) is 18.7 Å². The van der Waals surface area contributed by atoms with Crippen LogP contribution < -0.4 is 10.6 Å². The van der Waals surface area contributed by atoms with Gasteiger partial charge in [-0.05, 0) is 36.8 Å². The molecule has 8 heteroatoms. The Morgan fingerprint density at radius 2 is 2.04 bits per heavy atom. The van der Waals surface area contributed by atoms with E-state index in [4.69, 9.17) is 20.8 Å². The minimum Gasteiger partial charge on any atom is -0.468 e. The minimum absolute atomic E-state index is 0.246. The number of hydrogen-bond donors (Lipinski definition) is 2. The van der Waals surface area contributed by atoms with Crippen molar-refractivity contribution in [2.24, 2.45) is 0 Å². The van der Waals surface area contributed by atoms with Crippen molar-refractivity contribution >= 4 is 35.4 Å². The van der Waals surface area contributed by atoms with Crippen molar-refractivity contribution in [3.8, 4) is 0 Å². The molecule has 2 N–H and O–H groups in total. The van der Waals surface area contributed by atoms with Gasteiger partial charge in [0.15, 0.2) is 0 Å². The fraction of sp³-hybridized carbons (Fsp3) is 0.263. The largest absolute Gasteiger partial charge is 0.468 e. The summed E-state index contributed by atoms with van der Waals surface area (Å²) < 4.78 is 10.6. The topological polar surface area (TPSA) is 80.6 Å². The predicted octanol–water partition coefficient (Wildman–Crippen LogP) is 4.04. The Balaban J connectivity index is 1.88. The van der Waals surface area contributed by atoms with Gasteiger partial charge in [0, 0.05) is 16.5 Å². The number of rotatable bonds is 7. The predicted molar refractivity (Wildman–Crippen MR) is 104 cm³/mol. The molecule has 1 aromatic heterocycles. The summed E-state index contributed by atoms with van der Waals surface area (Å²) in [5.74, 6) is 1.43.